The van der Waals surface area contributed by atoms with Gasteiger partial charge in [0.05, 0.1) is 7.11 Å². The summed E-state index contributed by atoms with van der Waals surface area (Å²) in [6.45, 7) is 0.198. The van der Waals surface area contributed by atoms with Gasteiger partial charge in [-0.25, -0.2) is 0 Å². The van der Waals surface area contributed by atoms with E-state index in [-0.39, 0.29) is 6.79 Å². The summed E-state index contributed by atoms with van der Waals surface area (Å²) >= 11 is 0. The third kappa shape index (κ3) is 2.24. The van der Waals surface area contributed by atoms with Crippen LogP contribution in [-0.2, 0) is 4.74 Å². The summed E-state index contributed by atoms with van der Waals surface area (Å²) in [6, 6.07) is 9.50. The summed E-state index contributed by atoms with van der Waals surface area (Å²) in [4.78, 5) is 0. The zero-order valence-corrected chi connectivity index (χ0v) is 10.4. The van der Waals surface area contributed by atoms with Crippen molar-refractivity contribution < 1.29 is 14.2 Å². The number of terminal acetylenes is 1. The Labute approximate surface area is 106 Å². The van der Waals surface area contributed by atoms with Crippen LogP contribution in [0.5, 0.6) is 11.5 Å². The van der Waals surface area contributed by atoms with Crippen molar-refractivity contribution in [3.8, 4) is 23.8 Å². The molecule has 0 unspecified atom stereocenters. The number of methoxy groups -OCH3 is 2. The number of benzene rings is 2. The van der Waals surface area contributed by atoms with Crippen LogP contribution >= 0.6 is 0 Å². The van der Waals surface area contributed by atoms with E-state index >= 15 is 0 Å². The highest BCUT2D eigenvalue weighted by Gasteiger charge is 2.08. The first-order chi connectivity index (χ1) is 8.80. The predicted octanol–water partition coefficient (Wildman–Crippen LogP) is 2.81. The highest BCUT2D eigenvalue weighted by atomic mass is 16.7. The molecule has 0 saturated heterocycles. The molecule has 0 aliphatic heterocycles. The van der Waals surface area contributed by atoms with E-state index in [1.807, 2.05) is 30.3 Å². The molecule has 0 fully saturated rings. The molecule has 2 rings (SSSR count). The van der Waals surface area contributed by atoms with E-state index in [1.54, 1.807) is 14.2 Å². The van der Waals surface area contributed by atoms with Gasteiger partial charge in [0.1, 0.15) is 11.5 Å². The molecule has 0 bridgehead atoms. The van der Waals surface area contributed by atoms with Gasteiger partial charge in [0.2, 0.25) is 0 Å². The Morgan fingerprint density at radius 3 is 2.72 bits per heavy atom. The van der Waals surface area contributed by atoms with E-state index in [1.165, 1.54) is 0 Å². The minimum Gasteiger partial charge on any atom is -0.496 e. The lowest BCUT2D eigenvalue weighted by molar-refractivity contribution is 0.0511. The lowest BCUT2D eigenvalue weighted by Gasteiger charge is -2.11. The molecule has 0 N–H and O–H groups in total. The molecule has 2 aromatic rings. The number of rotatable bonds is 4. The largest absolute Gasteiger partial charge is 0.496 e. The fraction of sp³-hybridized carbons (Fsp3) is 0.200. The van der Waals surface area contributed by atoms with E-state index in [2.05, 4.69) is 5.92 Å². The first-order valence-electron chi connectivity index (χ1n) is 5.49. The molecule has 0 saturated carbocycles. The average molecular weight is 242 g/mol. The monoisotopic (exact) mass is 242 g/mol. The van der Waals surface area contributed by atoms with Crippen LogP contribution in [0, 0.1) is 12.3 Å². The summed E-state index contributed by atoms with van der Waals surface area (Å²) in [7, 11) is 3.19. The van der Waals surface area contributed by atoms with Crippen LogP contribution < -0.4 is 9.47 Å². The molecule has 0 radical (unpaired) electrons. The molecule has 3 heteroatoms. The van der Waals surface area contributed by atoms with E-state index in [4.69, 9.17) is 20.6 Å². The van der Waals surface area contributed by atoms with Gasteiger partial charge in [0.15, 0.2) is 6.79 Å². The molecule has 92 valence electrons. The summed E-state index contributed by atoms with van der Waals surface area (Å²) < 4.78 is 15.7. The van der Waals surface area contributed by atoms with Gasteiger partial charge in [0.25, 0.3) is 0 Å². The predicted molar refractivity (Wildman–Crippen MR) is 70.9 cm³/mol. The summed E-state index contributed by atoms with van der Waals surface area (Å²) in [5.74, 6) is 4.05. The van der Waals surface area contributed by atoms with Crippen molar-refractivity contribution >= 4 is 10.8 Å². The molecule has 0 amide bonds. The third-order valence-corrected chi connectivity index (χ3v) is 2.63. The maximum Gasteiger partial charge on any atom is 0.188 e. The van der Waals surface area contributed by atoms with Crippen LogP contribution in [0.1, 0.15) is 5.56 Å². The van der Waals surface area contributed by atoms with Crippen molar-refractivity contribution in [2.75, 3.05) is 21.0 Å². The minimum atomic E-state index is 0.198. The van der Waals surface area contributed by atoms with Gasteiger partial charge in [-0.1, -0.05) is 18.1 Å². The van der Waals surface area contributed by atoms with E-state index in [0.717, 1.165) is 16.3 Å². The Morgan fingerprint density at radius 1 is 1.22 bits per heavy atom. The van der Waals surface area contributed by atoms with E-state index < -0.39 is 0 Å². The maximum absolute atomic E-state index is 5.50. The van der Waals surface area contributed by atoms with Crippen molar-refractivity contribution in [2.45, 2.75) is 0 Å². The molecular weight excluding hydrogens is 228 g/mol. The van der Waals surface area contributed by atoms with Crippen LogP contribution in [0.2, 0.25) is 0 Å². The Hall–Kier alpha value is -2.18. The van der Waals surface area contributed by atoms with Crippen LogP contribution in [-0.4, -0.2) is 21.0 Å². The van der Waals surface area contributed by atoms with Crippen molar-refractivity contribution in [1.29, 1.82) is 0 Å². The molecule has 2 aromatic carbocycles. The van der Waals surface area contributed by atoms with Gasteiger partial charge >= 0.3 is 0 Å². The first-order valence-corrected chi connectivity index (χ1v) is 5.49. The Kier molecular flexibility index (Phi) is 3.71. The summed E-state index contributed by atoms with van der Waals surface area (Å²) in [5, 5.41) is 1.91. The quantitative estimate of drug-likeness (QED) is 0.609. The number of hydrogen-bond donors (Lipinski definition) is 0. The van der Waals surface area contributed by atoms with Crippen LogP contribution in [0.15, 0.2) is 30.3 Å². The molecule has 0 atom stereocenters. The van der Waals surface area contributed by atoms with Crippen molar-refractivity contribution in [1.82, 2.24) is 0 Å². The highest BCUT2D eigenvalue weighted by Crippen LogP contribution is 2.33. The average Bonchev–Trinajstić information content (AvgIpc) is 2.43. The molecule has 18 heavy (non-hydrogen) atoms. The van der Waals surface area contributed by atoms with Crippen molar-refractivity contribution in [2.24, 2.45) is 0 Å². The number of ether oxygens (including phenoxy) is 3. The first kappa shape index (κ1) is 12.3. The second kappa shape index (κ2) is 5.44. The summed E-state index contributed by atoms with van der Waals surface area (Å²) in [6.07, 6.45) is 5.50. The number of fused-ring (bicyclic) bond motifs is 1. The Balaban J connectivity index is 2.60. The van der Waals surface area contributed by atoms with E-state index in [9.17, 15) is 0 Å². The third-order valence-electron chi connectivity index (χ3n) is 2.63. The molecule has 0 spiro atoms. The highest BCUT2D eigenvalue weighted by molar-refractivity contribution is 5.94. The SMILES string of the molecule is C#Cc1cccc2cc(OCOC)cc(OC)c12. The lowest BCUT2D eigenvalue weighted by atomic mass is 10.0. The smallest absolute Gasteiger partial charge is 0.188 e. The van der Waals surface area contributed by atoms with Crippen molar-refractivity contribution in [3.63, 3.8) is 0 Å². The van der Waals surface area contributed by atoms with Crippen molar-refractivity contribution in [3.05, 3.63) is 35.9 Å². The van der Waals surface area contributed by atoms with Gasteiger partial charge in [-0.15, -0.1) is 6.42 Å². The van der Waals surface area contributed by atoms with Gasteiger partial charge in [0, 0.05) is 24.1 Å². The topological polar surface area (TPSA) is 27.7 Å². The van der Waals surface area contributed by atoms with E-state index in [0.29, 0.717) is 11.5 Å². The fourth-order valence-electron chi connectivity index (χ4n) is 1.85. The lowest BCUT2D eigenvalue weighted by Crippen LogP contribution is -1.99. The maximum atomic E-state index is 5.50. The standard InChI is InChI=1S/C15H14O3/c1-4-11-6-5-7-12-8-13(18-10-16-2)9-14(17-3)15(11)12/h1,5-9H,10H2,2-3H3. The molecule has 0 aliphatic rings. The zero-order valence-electron chi connectivity index (χ0n) is 10.4. The fourth-order valence-corrected chi connectivity index (χ4v) is 1.85. The molecule has 0 aromatic heterocycles. The normalized spacial score (nSPS) is 10.1. The van der Waals surface area contributed by atoms with Crippen LogP contribution in [0.3, 0.4) is 0 Å². The second-order valence-corrected chi connectivity index (χ2v) is 3.72. The Bertz CT molecular complexity index is 596. The van der Waals surface area contributed by atoms with Crippen LogP contribution in [0.4, 0.5) is 0 Å². The van der Waals surface area contributed by atoms with Gasteiger partial charge in [-0.05, 0) is 17.5 Å². The summed E-state index contributed by atoms with van der Waals surface area (Å²) in [5.41, 5.74) is 0.808. The van der Waals surface area contributed by atoms with Gasteiger partial charge < -0.3 is 14.2 Å². The molecule has 0 heterocycles. The number of hydrogen-bond acceptors (Lipinski definition) is 3. The molecule has 0 aliphatic carbocycles. The van der Waals surface area contributed by atoms with Crippen LogP contribution in [0.25, 0.3) is 10.8 Å². The second-order valence-electron chi connectivity index (χ2n) is 3.72. The molecular formula is C15H14O3. The zero-order chi connectivity index (χ0) is 13.0. The molecule has 3 nitrogen and oxygen atoms in total. The Morgan fingerprint density at radius 2 is 2.06 bits per heavy atom. The minimum absolute atomic E-state index is 0.198. The van der Waals surface area contributed by atoms with Gasteiger partial charge in [-0.3, -0.25) is 0 Å². The van der Waals surface area contributed by atoms with Gasteiger partial charge in [-0.2, -0.15) is 0 Å².